The van der Waals surface area contributed by atoms with Crippen LogP contribution in [-0.2, 0) is 0 Å². The molecule has 1 rings (SSSR count). The van der Waals surface area contributed by atoms with E-state index in [4.69, 9.17) is 22.8 Å². The SMILES string of the molecule is C#CCNCC(O)COc1ccccc1Cl. The number of terminal acetylenes is 1. The minimum absolute atomic E-state index is 0.182. The summed E-state index contributed by atoms with van der Waals surface area (Å²) in [5.41, 5.74) is 0. The van der Waals surface area contributed by atoms with Gasteiger partial charge in [-0.15, -0.1) is 6.42 Å². The molecule has 1 aromatic carbocycles. The van der Waals surface area contributed by atoms with Crippen LogP contribution in [0.3, 0.4) is 0 Å². The first kappa shape index (κ1) is 12.9. The third-order valence-corrected chi connectivity index (χ3v) is 2.19. The van der Waals surface area contributed by atoms with E-state index in [0.717, 1.165) is 0 Å². The van der Waals surface area contributed by atoms with Crippen LogP contribution < -0.4 is 10.1 Å². The van der Waals surface area contributed by atoms with Crippen LogP contribution in [0.5, 0.6) is 5.75 Å². The lowest BCUT2D eigenvalue weighted by atomic mass is 10.3. The van der Waals surface area contributed by atoms with Gasteiger partial charge in [0.25, 0.3) is 0 Å². The summed E-state index contributed by atoms with van der Waals surface area (Å²) in [6, 6.07) is 7.13. The number of nitrogens with one attached hydrogen (secondary N) is 1. The van der Waals surface area contributed by atoms with E-state index in [9.17, 15) is 5.11 Å². The molecule has 0 fully saturated rings. The molecule has 1 aromatic rings. The number of aliphatic hydroxyl groups is 1. The summed E-state index contributed by atoms with van der Waals surface area (Å²) in [5.74, 6) is 2.99. The predicted octanol–water partition coefficient (Wildman–Crippen LogP) is 1.30. The van der Waals surface area contributed by atoms with Crippen LogP contribution in [0.2, 0.25) is 5.02 Å². The summed E-state index contributed by atoms with van der Waals surface area (Å²) >= 11 is 5.89. The van der Waals surface area contributed by atoms with E-state index in [1.165, 1.54) is 0 Å². The Morgan fingerprint density at radius 3 is 2.94 bits per heavy atom. The quantitative estimate of drug-likeness (QED) is 0.581. The maximum Gasteiger partial charge on any atom is 0.138 e. The van der Waals surface area contributed by atoms with E-state index in [1.807, 2.05) is 12.1 Å². The molecule has 0 bridgehead atoms. The minimum atomic E-state index is -0.607. The summed E-state index contributed by atoms with van der Waals surface area (Å²) in [7, 11) is 0. The van der Waals surface area contributed by atoms with Gasteiger partial charge in [0.1, 0.15) is 18.5 Å². The standard InChI is InChI=1S/C12H14ClNO2/c1-2-7-14-8-10(15)9-16-12-6-4-3-5-11(12)13/h1,3-6,10,14-15H,7-9H2. The van der Waals surface area contributed by atoms with Crippen molar-refractivity contribution in [3.8, 4) is 18.1 Å². The molecule has 1 unspecified atom stereocenters. The molecule has 1 atom stereocenters. The molecule has 16 heavy (non-hydrogen) atoms. The highest BCUT2D eigenvalue weighted by molar-refractivity contribution is 6.32. The molecule has 0 amide bonds. The van der Waals surface area contributed by atoms with Crippen LogP contribution in [-0.4, -0.2) is 30.9 Å². The van der Waals surface area contributed by atoms with Crippen LogP contribution in [0.1, 0.15) is 0 Å². The lowest BCUT2D eigenvalue weighted by Gasteiger charge is -2.13. The number of aliphatic hydroxyl groups excluding tert-OH is 1. The average molecular weight is 240 g/mol. The largest absolute Gasteiger partial charge is 0.489 e. The number of halogens is 1. The van der Waals surface area contributed by atoms with Gasteiger partial charge < -0.3 is 15.2 Å². The number of rotatable bonds is 6. The zero-order valence-corrected chi connectivity index (χ0v) is 9.57. The Hall–Kier alpha value is -1.21. The molecule has 0 saturated heterocycles. The van der Waals surface area contributed by atoms with Gasteiger partial charge in [-0.1, -0.05) is 29.7 Å². The number of para-hydroxylation sites is 1. The fraction of sp³-hybridized carbons (Fsp3) is 0.333. The van der Waals surface area contributed by atoms with E-state index in [-0.39, 0.29) is 6.61 Å². The van der Waals surface area contributed by atoms with Crippen LogP contribution in [0.25, 0.3) is 0 Å². The van der Waals surface area contributed by atoms with E-state index in [0.29, 0.717) is 23.9 Å². The lowest BCUT2D eigenvalue weighted by molar-refractivity contribution is 0.107. The summed E-state index contributed by atoms with van der Waals surface area (Å²) in [5, 5.41) is 12.9. The van der Waals surface area contributed by atoms with Gasteiger partial charge in [-0.25, -0.2) is 0 Å². The Morgan fingerprint density at radius 2 is 2.25 bits per heavy atom. The minimum Gasteiger partial charge on any atom is -0.489 e. The first-order valence-corrected chi connectivity index (χ1v) is 5.31. The maximum atomic E-state index is 9.53. The highest BCUT2D eigenvalue weighted by Crippen LogP contribution is 2.22. The van der Waals surface area contributed by atoms with Crippen LogP contribution in [0, 0.1) is 12.3 Å². The average Bonchev–Trinajstić information content (AvgIpc) is 2.28. The second-order valence-corrected chi connectivity index (χ2v) is 3.64. The number of benzene rings is 1. The molecule has 0 saturated carbocycles. The Bertz CT molecular complexity index is 362. The Labute approximate surface area is 100 Å². The Morgan fingerprint density at radius 1 is 1.50 bits per heavy atom. The number of ether oxygens (including phenoxy) is 1. The van der Waals surface area contributed by atoms with Gasteiger partial charge >= 0.3 is 0 Å². The highest BCUT2D eigenvalue weighted by atomic mass is 35.5. The molecule has 2 N–H and O–H groups in total. The summed E-state index contributed by atoms with van der Waals surface area (Å²) in [4.78, 5) is 0. The maximum absolute atomic E-state index is 9.53. The molecule has 4 heteroatoms. The molecule has 0 aliphatic rings. The molecule has 0 aromatic heterocycles. The van der Waals surface area contributed by atoms with Gasteiger partial charge in [0, 0.05) is 6.54 Å². The fourth-order valence-corrected chi connectivity index (χ4v) is 1.31. The predicted molar refractivity (Wildman–Crippen MR) is 64.7 cm³/mol. The van der Waals surface area contributed by atoms with E-state index in [1.54, 1.807) is 12.1 Å². The van der Waals surface area contributed by atoms with Crippen LogP contribution >= 0.6 is 11.6 Å². The molecule has 0 spiro atoms. The van der Waals surface area contributed by atoms with Gasteiger partial charge in [0.05, 0.1) is 11.6 Å². The van der Waals surface area contributed by atoms with Gasteiger partial charge in [-0.05, 0) is 12.1 Å². The first-order valence-electron chi connectivity index (χ1n) is 4.93. The molecular formula is C12H14ClNO2. The van der Waals surface area contributed by atoms with Crippen molar-refractivity contribution in [3.63, 3.8) is 0 Å². The fourth-order valence-electron chi connectivity index (χ4n) is 1.12. The Kier molecular flexibility index (Phi) is 5.73. The molecule has 86 valence electrons. The molecular weight excluding hydrogens is 226 g/mol. The first-order chi connectivity index (χ1) is 7.74. The second kappa shape index (κ2) is 7.13. The van der Waals surface area contributed by atoms with Crippen molar-refractivity contribution < 1.29 is 9.84 Å². The van der Waals surface area contributed by atoms with Crippen LogP contribution in [0.15, 0.2) is 24.3 Å². The van der Waals surface area contributed by atoms with Crippen molar-refractivity contribution in [2.24, 2.45) is 0 Å². The third-order valence-electron chi connectivity index (χ3n) is 1.87. The normalized spacial score (nSPS) is 11.8. The monoisotopic (exact) mass is 239 g/mol. The molecule has 0 heterocycles. The third kappa shape index (κ3) is 4.54. The van der Waals surface area contributed by atoms with Gasteiger partial charge in [0.15, 0.2) is 0 Å². The van der Waals surface area contributed by atoms with Crippen molar-refractivity contribution in [1.82, 2.24) is 5.32 Å². The van der Waals surface area contributed by atoms with Crippen LogP contribution in [0.4, 0.5) is 0 Å². The Balaban J connectivity index is 2.29. The summed E-state index contributed by atoms with van der Waals surface area (Å²) in [6.45, 7) is 1.01. The van der Waals surface area contributed by atoms with Crippen molar-refractivity contribution in [3.05, 3.63) is 29.3 Å². The summed E-state index contributed by atoms with van der Waals surface area (Å²) < 4.78 is 5.36. The molecule has 3 nitrogen and oxygen atoms in total. The van der Waals surface area contributed by atoms with Gasteiger partial charge in [0.2, 0.25) is 0 Å². The van der Waals surface area contributed by atoms with Gasteiger partial charge in [-0.2, -0.15) is 0 Å². The zero-order valence-electron chi connectivity index (χ0n) is 8.82. The van der Waals surface area contributed by atoms with Gasteiger partial charge in [-0.3, -0.25) is 0 Å². The molecule has 0 aliphatic carbocycles. The number of hydrogen-bond acceptors (Lipinski definition) is 3. The smallest absolute Gasteiger partial charge is 0.138 e. The number of hydrogen-bond donors (Lipinski definition) is 2. The molecule has 0 aliphatic heterocycles. The van der Waals surface area contributed by atoms with Crippen molar-refractivity contribution in [2.45, 2.75) is 6.10 Å². The van der Waals surface area contributed by atoms with Crippen molar-refractivity contribution in [1.29, 1.82) is 0 Å². The summed E-state index contributed by atoms with van der Waals surface area (Å²) in [6.07, 6.45) is 4.45. The van der Waals surface area contributed by atoms with Crippen molar-refractivity contribution in [2.75, 3.05) is 19.7 Å². The van der Waals surface area contributed by atoms with E-state index in [2.05, 4.69) is 11.2 Å². The highest BCUT2D eigenvalue weighted by Gasteiger charge is 2.06. The lowest BCUT2D eigenvalue weighted by Crippen LogP contribution is -2.31. The molecule has 0 radical (unpaired) electrons. The topological polar surface area (TPSA) is 41.5 Å². The second-order valence-electron chi connectivity index (χ2n) is 3.23. The van der Waals surface area contributed by atoms with Crippen molar-refractivity contribution >= 4 is 11.6 Å². The van der Waals surface area contributed by atoms with E-state index >= 15 is 0 Å². The van der Waals surface area contributed by atoms with E-state index < -0.39 is 6.10 Å². The zero-order chi connectivity index (χ0) is 11.8.